The van der Waals surface area contributed by atoms with Crippen LogP contribution in [-0.4, -0.2) is 36.0 Å². The zero-order valence-corrected chi connectivity index (χ0v) is 16.5. The van der Waals surface area contributed by atoms with Gasteiger partial charge in [0.15, 0.2) is 5.78 Å². The number of ether oxygens (including phenoxy) is 1. The molecule has 2 atom stereocenters. The second kappa shape index (κ2) is 8.52. The molecule has 2 aromatic rings. The van der Waals surface area contributed by atoms with Crippen molar-refractivity contribution >= 4 is 11.7 Å². The molecule has 28 heavy (non-hydrogen) atoms. The Morgan fingerprint density at radius 2 is 2.07 bits per heavy atom. The number of Topliss-reactive ketones (excluding diaryl/α,β-unsaturated/α-hetero) is 1. The van der Waals surface area contributed by atoms with Gasteiger partial charge in [0, 0.05) is 31.8 Å². The van der Waals surface area contributed by atoms with Crippen LogP contribution in [0.25, 0.3) is 0 Å². The van der Waals surface area contributed by atoms with Crippen LogP contribution in [0.1, 0.15) is 51.6 Å². The van der Waals surface area contributed by atoms with Gasteiger partial charge in [-0.1, -0.05) is 29.8 Å². The summed E-state index contributed by atoms with van der Waals surface area (Å²) in [6, 6.07) is 9.22. The quantitative estimate of drug-likeness (QED) is 0.712. The second-order valence-corrected chi connectivity index (χ2v) is 7.26. The normalized spacial score (nSPS) is 18.0. The van der Waals surface area contributed by atoms with Gasteiger partial charge in [0.2, 0.25) is 0 Å². The van der Waals surface area contributed by atoms with E-state index < -0.39 is 11.5 Å². The maximum atomic E-state index is 12.8. The smallest absolute Gasteiger partial charge is 0.263 e. The lowest BCUT2D eigenvalue weighted by Gasteiger charge is -2.12. The Hall–Kier alpha value is -2.73. The van der Waals surface area contributed by atoms with Crippen molar-refractivity contribution in [3.63, 3.8) is 0 Å². The first kappa shape index (κ1) is 20.0. The van der Waals surface area contributed by atoms with Crippen molar-refractivity contribution in [3.05, 3.63) is 69.1 Å². The number of hydrogen-bond donors (Lipinski definition) is 1. The zero-order valence-electron chi connectivity index (χ0n) is 16.5. The van der Waals surface area contributed by atoms with Gasteiger partial charge >= 0.3 is 0 Å². The summed E-state index contributed by atoms with van der Waals surface area (Å²) in [4.78, 5) is 37.7. The van der Waals surface area contributed by atoms with Gasteiger partial charge in [-0.15, -0.1) is 0 Å². The Bertz CT molecular complexity index is 948. The predicted molar refractivity (Wildman–Crippen MR) is 107 cm³/mol. The van der Waals surface area contributed by atoms with Gasteiger partial charge in [0.1, 0.15) is 5.56 Å². The maximum absolute atomic E-state index is 12.8. The van der Waals surface area contributed by atoms with Crippen LogP contribution in [0.15, 0.2) is 41.3 Å². The number of aryl methyl sites for hydroxylation is 1. The lowest BCUT2D eigenvalue weighted by atomic mass is 10.0. The molecule has 1 aromatic heterocycles. The summed E-state index contributed by atoms with van der Waals surface area (Å²) in [6.07, 6.45) is 2.95. The molecule has 0 spiro atoms. The summed E-state index contributed by atoms with van der Waals surface area (Å²) < 4.78 is 6.99. The Balaban J connectivity index is 1.90. The fourth-order valence-corrected chi connectivity index (χ4v) is 3.42. The third-order valence-corrected chi connectivity index (χ3v) is 5.00. The lowest BCUT2D eigenvalue weighted by molar-refractivity contribution is 0.0931. The average molecular weight is 382 g/mol. The van der Waals surface area contributed by atoms with Crippen molar-refractivity contribution in [1.82, 2.24) is 9.88 Å². The summed E-state index contributed by atoms with van der Waals surface area (Å²) in [6.45, 7) is 4.86. The molecule has 0 aliphatic heterocycles. The van der Waals surface area contributed by atoms with Gasteiger partial charge in [-0.2, -0.15) is 0 Å². The molecule has 1 saturated carbocycles. The first-order valence-corrected chi connectivity index (χ1v) is 9.59. The Morgan fingerprint density at radius 3 is 2.75 bits per heavy atom. The molecule has 6 heteroatoms. The standard InChI is InChI=1S/C22H26N2O4/c1-4-28-20-11-16(20)10-19(25)17-9-18(21(26)23-3)22(27)24(13-17)12-15-7-5-6-14(2)8-15/h5-9,13,16,20H,4,10-12H2,1-3H3,(H,23,26)/t16-,20-/m1/s1. The Kier molecular flexibility index (Phi) is 6.09. The van der Waals surface area contributed by atoms with Crippen LogP contribution in [0.5, 0.6) is 0 Å². The molecule has 1 amide bonds. The zero-order chi connectivity index (χ0) is 20.3. The number of nitrogens with one attached hydrogen (secondary N) is 1. The number of aromatic nitrogens is 1. The maximum Gasteiger partial charge on any atom is 0.263 e. The molecule has 0 unspecified atom stereocenters. The molecule has 0 bridgehead atoms. The van der Waals surface area contributed by atoms with E-state index in [9.17, 15) is 14.4 Å². The van der Waals surface area contributed by atoms with Crippen LogP contribution in [-0.2, 0) is 11.3 Å². The highest BCUT2D eigenvalue weighted by atomic mass is 16.5. The summed E-state index contributed by atoms with van der Waals surface area (Å²) in [7, 11) is 1.47. The van der Waals surface area contributed by atoms with E-state index in [2.05, 4.69) is 5.32 Å². The minimum atomic E-state index is -0.490. The van der Waals surface area contributed by atoms with Gasteiger partial charge in [0.05, 0.1) is 12.6 Å². The third-order valence-electron chi connectivity index (χ3n) is 5.00. The highest BCUT2D eigenvalue weighted by Crippen LogP contribution is 2.37. The minimum Gasteiger partial charge on any atom is -0.378 e. The molecule has 1 N–H and O–H groups in total. The Morgan fingerprint density at radius 1 is 1.29 bits per heavy atom. The Labute approximate surface area is 164 Å². The van der Waals surface area contributed by atoms with Crippen LogP contribution in [0.3, 0.4) is 0 Å². The number of amides is 1. The third kappa shape index (κ3) is 4.57. The van der Waals surface area contributed by atoms with E-state index in [4.69, 9.17) is 4.74 Å². The number of nitrogens with zero attached hydrogens (tertiary/aromatic N) is 1. The first-order valence-electron chi connectivity index (χ1n) is 9.59. The van der Waals surface area contributed by atoms with Crippen LogP contribution in [0, 0.1) is 12.8 Å². The number of rotatable bonds is 8. The molecule has 0 radical (unpaired) electrons. The fourth-order valence-electron chi connectivity index (χ4n) is 3.42. The van der Waals surface area contributed by atoms with Gasteiger partial charge in [-0.25, -0.2) is 0 Å². The van der Waals surface area contributed by atoms with Gasteiger partial charge in [0.25, 0.3) is 11.5 Å². The highest BCUT2D eigenvalue weighted by Gasteiger charge is 2.39. The lowest BCUT2D eigenvalue weighted by Crippen LogP contribution is -2.32. The molecule has 1 heterocycles. The van der Waals surface area contributed by atoms with Gasteiger partial charge in [-0.3, -0.25) is 14.4 Å². The number of carbonyl (C=O) groups excluding carboxylic acids is 2. The molecule has 0 saturated heterocycles. The van der Waals surface area contributed by atoms with E-state index in [1.54, 1.807) is 6.20 Å². The summed E-state index contributed by atoms with van der Waals surface area (Å²) >= 11 is 0. The van der Waals surface area contributed by atoms with E-state index in [1.165, 1.54) is 17.7 Å². The van der Waals surface area contributed by atoms with Crippen molar-refractivity contribution in [2.75, 3.05) is 13.7 Å². The van der Waals surface area contributed by atoms with E-state index in [1.807, 2.05) is 38.1 Å². The van der Waals surface area contributed by atoms with Crippen LogP contribution in [0.4, 0.5) is 0 Å². The van der Waals surface area contributed by atoms with Crippen molar-refractivity contribution < 1.29 is 14.3 Å². The van der Waals surface area contributed by atoms with Crippen molar-refractivity contribution in [1.29, 1.82) is 0 Å². The first-order chi connectivity index (χ1) is 13.4. The fraction of sp³-hybridized carbons (Fsp3) is 0.409. The molecule has 1 aliphatic carbocycles. The molecule has 1 fully saturated rings. The predicted octanol–water partition coefficient (Wildman–Crippen LogP) is 2.56. The topological polar surface area (TPSA) is 77.4 Å². The second-order valence-electron chi connectivity index (χ2n) is 7.26. The van der Waals surface area contributed by atoms with Crippen molar-refractivity contribution in [2.45, 2.75) is 39.3 Å². The van der Waals surface area contributed by atoms with Crippen LogP contribution in [0.2, 0.25) is 0 Å². The molecule has 3 rings (SSSR count). The monoisotopic (exact) mass is 382 g/mol. The molecule has 6 nitrogen and oxygen atoms in total. The summed E-state index contributed by atoms with van der Waals surface area (Å²) in [5.74, 6) is -0.348. The average Bonchev–Trinajstić information content (AvgIpc) is 3.40. The SMILES string of the molecule is CCO[C@@H]1C[C@H]1CC(=O)c1cc(C(=O)NC)c(=O)n(Cc2cccc(C)c2)c1. The number of ketones is 1. The van der Waals surface area contributed by atoms with Crippen LogP contribution >= 0.6 is 0 Å². The molecule has 1 aliphatic rings. The minimum absolute atomic E-state index is 0.0156. The molecule has 1 aromatic carbocycles. The largest absolute Gasteiger partial charge is 0.378 e. The number of carbonyl (C=O) groups is 2. The molecule has 148 valence electrons. The molecular formula is C22H26N2O4. The number of hydrogen-bond acceptors (Lipinski definition) is 4. The van der Waals surface area contributed by atoms with E-state index in [0.29, 0.717) is 25.1 Å². The number of benzene rings is 1. The van der Waals surface area contributed by atoms with Gasteiger partial charge in [-0.05, 0) is 37.8 Å². The van der Waals surface area contributed by atoms with Crippen LogP contribution < -0.4 is 10.9 Å². The van der Waals surface area contributed by atoms with Gasteiger partial charge < -0.3 is 14.6 Å². The summed E-state index contributed by atoms with van der Waals surface area (Å²) in [5, 5.41) is 2.48. The highest BCUT2D eigenvalue weighted by molar-refractivity contribution is 6.00. The number of pyridine rings is 1. The van der Waals surface area contributed by atoms with E-state index in [-0.39, 0.29) is 23.4 Å². The van der Waals surface area contributed by atoms with Crippen molar-refractivity contribution in [2.24, 2.45) is 5.92 Å². The van der Waals surface area contributed by atoms with Crippen molar-refractivity contribution in [3.8, 4) is 0 Å². The summed E-state index contributed by atoms with van der Waals surface area (Å²) in [5.41, 5.74) is 1.98. The molecular weight excluding hydrogens is 356 g/mol. The van der Waals surface area contributed by atoms with E-state index >= 15 is 0 Å². The van der Waals surface area contributed by atoms with E-state index in [0.717, 1.165) is 17.5 Å².